The molecule has 2 amide bonds. The van der Waals surface area contributed by atoms with Gasteiger partial charge in [-0.3, -0.25) is 9.59 Å². The lowest BCUT2D eigenvalue weighted by atomic mass is 10.1. The summed E-state index contributed by atoms with van der Waals surface area (Å²) in [5, 5.41) is 20.5. The third-order valence-electron chi connectivity index (χ3n) is 7.49. The van der Waals surface area contributed by atoms with Crippen LogP contribution in [0.4, 0.5) is 0 Å². The Kier molecular flexibility index (Phi) is 36.1. The highest BCUT2D eigenvalue weighted by Crippen LogP contribution is 2.39. The van der Waals surface area contributed by atoms with E-state index in [1.54, 1.807) is 31.3 Å². The molecular formula is C46H80N4O11. The van der Waals surface area contributed by atoms with E-state index in [2.05, 4.69) is 21.3 Å². The van der Waals surface area contributed by atoms with Crippen LogP contribution in [-0.4, -0.2) is 96.8 Å². The first kappa shape index (κ1) is 62.2. The van der Waals surface area contributed by atoms with Crippen LogP contribution >= 0.6 is 0 Å². The van der Waals surface area contributed by atoms with Crippen LogP contribution in [0.15, 0.2) is 36.4 Å². The third-order valence-corrected chi connectivity index (χ3v) is 7.49. The van der Waals surface area contributed by atoms with E-state index in [0.29, 0.717) is 117 Å². The van der Waals surface area contributed by atoms with E-state index in [1.807, 2.05) is 69.5 Å². The van der Waals surface area contributed by atoms with Gasteiger partial charge in [-0.2, -0.15) is 0 Å². The fourth-order valence-electron chi connectivity index (χ4n) is 5.26. The number of aromatic carboxylic acids is 1. The number of benzene rings is 3. The molecule has 0 aliphatic carbocycles. The van der Waals surface area contributed by atoms with E-state index >= 15 is 0 Å². The van der Waals surface area contributed by atoms with Crippen molar-refractivity contribution in [1.82, 2.24) is 21.3 Å². The van der Waals surface area contributed by atoms with Gasteiger partial charge in [-0.1, -0.05) is 29.7 Å². The van der Waals surface area contributed by atoms with Crippen molar-refractivity contribution in [2.75, 3.05) is 73.9 Å². The fourth-order valence-corrected chi connectivity index (χ4v) is 5.26. The highest BCUT2D eigenvalue weighted by atomic mass is 16.5. The average Bonchev–Trinajstić information content (AvgIpc) is 3.19. The van der Waals surface area contributed by atoms with Gasteiger partial charge in [0.25, 0.3) is 11.8 Å². The SMILES string of the molecule is C.C.C.C.CCNC(=O)c1cc(OCC)c(CNC)c(OCC)c1.CCOc1cc(C(=O)NC)cc(OCC)c1OCC.CCOc1cc(C(=O)O)cc(OCC)c1CNC. The Morgan fingerprint density at radius 2 is 0.754 bits per heavy atom. The van der Waals surface area contributed by atoms with Crippen molar-refractivity contribution in [3.8, 4) is 40.2 Å². The van der Waals surface area contributed by atoms with Gasteiger partial charge in [-0.15, -0.1) is 0 Å². The second kappa shape index (κ2) is 35.4. The van der Waals surface area contributed by atoms with Crippen molar-refractivity contribution in [3.63, 3.8) is 0 Å². The molecule has 0 atom stereocenters. The number of carbonyl (C=O) groups is 3. The van der Waals surface area contributed by atoms with Gasteiger partial charge >= 0.3 is 5.97 Å². The molecule has 61 heavy (non-hydrogen) atoms. The van der Waals surface area contributed by atoms with Crippen LogP contribution in [0.25, 0.3) is 0 Å². The zero-order chi connectivity index (χ0) is 42.8. The van der Waals surface area contributed by atoms with Crippen molar-refractivity contribution in [2.45, 2.75) is 98.2 Å². The van der Waals surface area contributed by atoms with Crippen molar-refractivity contribution < 1.29 is 52.6 Å². The highest BCUT2D eigenvalue weighted by molar-refractivity contribution is 5.96. The Morgan fingerprint density at radius 3 is 1.03 bits per heavy atom. The lowest BCUT2D eigenvalue weighted by molar-refractivity contribution is 0.0695. The maximum absolute atomic E-state index is 12.0. The third kappa shape index (κ3) is 20.1. The van der Waals surface area contributed by atoms with E-state index < -0.39 is 5.97 Å². The maximum Gasteiger partial charge on any atom is 0.335 e. The lowest BCUT2D eigenvalue weighted by Crippen LogP contribution is -2.23. The molecule has 0 saturated heterocycles. The number of hydrogen-bond donors (Lipinski definition) is 5. The minimum absolute atomic E-state index is 0. The van der Waals surface area contributed by atoms with Crippen LogP contribution in [0.5, 0.6) is 40.2 Å². The Hall–Kier alpha value is -5.41. The zero-order valence-corrected chi connectivity index (χ0v) is 35.6. The molecule has 0 fully saturated rings. The molecule has 350 valence electrons. The number of carboxylic acids is 1. The molecule has 15 nitrogen and oxygen atoms in total. The van der Waals surface area contributed by atoms with Crippen LogP contribution in [0.2, 0.25) is 0 Å². The maximum atomic E-state index is 12.0. The number of rotatable bonds is 22. The van der Waals surface area contributed by atoms with Crippen LogP contribution in [0, 0.1) is 0 Å². The molecule has 15 heteroatoms. The first-order valence-corrected chi connectivity index (χ1v) is 19.4. The predicted octanol–water partition coefficient (Wildman–Crippen LogP) is 8.64. The average molecular weight is 865 g/mol. The summed E-state index contributed by atoms with van der Waals surface area (Å²) in [4.78, 5) is 34.8. The predicted molar refractivity (Wildman–Crippen MR) is 248 cm³/mol. The molecule has 0 aliphatic rings. The van der Waals surface area contributed by atoms with E-state index in [9.17, 15) is 14.4 Å². The molecule has 0 heterocycles. The standard InChI is InChI=1S/C15H24N2O3.C14H21NO4.C13H19NO4.4CH4/c1-5-17-15(18)11-8-13(19-6-2)12(10-16-4)14(9-11)20-7-3;1-5-17-11-8-10(14(16)15-4)9-12(18-6-2)13(11)19-7-3;1-4-17-11-6-9(13(15)16)7-12(18-5-2)10(11)8-14-3;;;;/h8-9,16H,5-7,10H2,1-4H3,(H,17,18);8-9H,5-7H2,1-4H3,(H,15,16);6-7,14H,4-5,8H2,1-3H3,(H,15,16);4*1H4. The summed E-state index contributed by atoms with van der Waals surface area (Å²) in [6.45, 7) is 20.4. The number of carbonyl (C=O) groups excluding carboxylic acids is 2. The van der Waals surface area contributed by atoms with Crippen molar-refractivity contribution >= 4 is 17.8 Å². The normalized spacial score (nSPS) is 9.43. The van der Waals surface area contributed by atoms with Gasteiger partial charge in [-0.05, 0) is 106 Å². The Labute approximate surface area is 367 Å². The van der Waals surface area contributed by atoms with Crippen LogP contribution in [0.1, 0.15) is 127 Å². The largest absolute Gasteiger partial charge is 0.493 e. The molecule has 0 radical (unpaired) electrons. The minimum Gasteiger partial charge on any atom is -0.493 e. The quantitative estimate of drug-likeness (QED) is 0.0648. The molecule has 5 N–H and O–H groups in total. The molecule has 0 spiro atoms. The summed E-state index contributed by atoms with van der Waals surface area (Å²) in [5.41, 5.74) is 2.98. The molecule has 3 rings (SSSR count). The topological polar surface area (TPSA) is 184 Å². The van der Waals surface area contributed by atoms with Gasteiger partial charge in [-0.25, -0.2) is 4.79 Å². The van der Waals surface area contributed by atoms with E-state index in [0.717, 1.165) is 11.1 Å². The second-order valence-electron chi connectivity index (χ2n) is 11.5. The number of hydrogen-bond acceptors (Lipinski definition) is 12. The van der Waals surface area contributed by atoms with Crippen LogP contribution in [-0.2, 0) is 13.1 Å². The molecule has 0 bridgehead atoms. The van der Waals surface area contributed by atoms with Crippen molar-refractivity contribution in [1.29, 1.82) is 0 Å². The molecule has 3 aromatic carbocycles. The van der Waals surface area contributed by atoms with Gasteiger partial charge in [0.05, 0.1) is 51.8 Å². The van der Waals surface area contributed by atoms with Crippen LogP contribution < -0.4 is 54.4 Å². The highest BCUT2D eigenvalue weighted by Gasteiger charge is 2.19. The molecule has 0 saturated carbocycles. The summed E-state index contributed by atoms with van der Waals surface area (Å²) < 4.78 is 38.9. The van der Waals surface area contributed by atoms with Crippen molar-refractivity contribution in [2.24, 2.45) is 0 Å². The Bertz CT molecular complexity index is 1600. The Morgan fingerprint density at radius 1 is 0.459 bits per heavy atom. The summed E-state index contributed by atoms with van der Waals surface area (Å²) in [6, 6.07) is 9.92. The van der Waals surface area contributed by atoms with Crippen molar-refractivity contribution in [3.05, 3.63) is 64.2 Å². The molecule has 0 unspecified atom stereocenters. The van der Waals surface area contributed by atoms with Gasteiger partial charge in [0.15, 0.2) is 11.5 Å². The van der Waals surface area contributed by atoms with Gasteiger partial charge < -0.3 is 59.5 Å². The van der Waals surface area contributed by atoms with E-state index in [1.165, 1.54) is 12.1 Å². The molecule has 0 aliphatic heterocycles. The Balaban J connectivity index is -0.000000387. The lowest BCUT2D eigenvalue weighted by Gasteiger charge is -2.17. The second-order valence-corrected chi connectivity index (χ2v) is 11.5. The van der Waals surface area contributed by atoms with Gasteiger partial charge in [0, 0.05) is 48.9 Å². The monoisotopic (exact) mass is 865 g/mol. The van der Waals surface area contributed by atoms with Gasteiger partial charge in [0.2, 0.25) is 5.75 Å². The van der Waals surface area contributed by atoms with Crippen LogP contribution in [0.3, 0.4) is 0 Å². The summed E-state index contributed by atoms with van der Waals surface area (Å²) in [7, 11) is 5.26. The summed E-state index contributed by atoms with van der Waals surface area (Å²) in [5.74, 6) is 2.76. The molecular weight excluding hydrogens is 785 g/mol. The first-order valence-electron chi connectivity index (χ1n) is 19.4. The van der Waals surface area contributed by atoms with E-state index in [-0.39, 0.29) is 47.1 Å². The van der Waals surface area contributed by atoms with E-state index in [4.69, 9.17) is 38.3 Å². The summed E-state index contributed by atoms with van der Waals surface area (Å²) >= 11 is 0. The fraction of sp³-hybridized carbons (Fsp3) is 0.543. The molecule has 0 aromatic heterocycles. The number of amides is 2. The minimum atomic E-state index is -0.993. The number of nitrogens with one attached hydrogen (secondary N) is 4. The zero-order valence-electron chi connectivity index (χ0n) is 35.6. The summed E-state index contributed by atoms with van der Waals surface area (Å²) in [6.07, 6.45) is 0. The van der Waals surface area contributed by atoms with Gasteiger partial charge in [0.1, 0.15) is 23.0 Å². The number of ether oxygens (including phenoxy) is 7. The number of carboxylic acid groups (broad SMARTS) is 1. The first-order chi connectivity index (χ1) is 27.5. The molecule has 3 aromatic rings. The smallest absolute Gasteiger partial charge is 0.335 e.